The lowest BCUT2D eigenvalue weighted by molar-refractivity contribution is 0.102. The predicted octanol–water partition coefficient (Wildman–Crippen LogP) is 0.805. The topological polar surface area (TPSA) is 129 Å². The monoisotopic (exact) mass is 280 g/mol. The first-order valence-electron chi connectivity index (χ1n) is 5.06. The van der Waals surface area contributed by atoms with Crippen molar-refractivity contribution in [1.82, 2.24) is 15.4 Å². The normalized spacial score (nSPS) is 11.3. The molecule has 0 atom stereocenters. The van der Waals surface area contributed by atoms with Gasteiger partial charge in [-0.3, -0.25) is 4.79 Å². The molecule has 0 aliphatic carbocycles. The Morgan fingerprint density at radius 1 is 1.53 bits per heavy atom. The molecular weight excluding hydrogens is 272 g/mol. The standard InChI is InChI=1S/C10H9ClN6O2/c11-6-2-1-5(9(12)16-19)3-7(6)14-10(18)8-4-13-17-15-8/h1-4,19H,(H2,12,16)(H,14,18)(H,13,15,17). The molecule has 1 amide bonds. The van der Waals surface area contributed by atoms with Gasteiger partial charge in [-0.05, 0) is 18.2 Å². The number of hydrogen-bond donors (Lipinski definition) is 4. The van der Waals surface area contributed by atoms with E-state index < -0.39 is 5.91 Å². The molecule has 1 aromatic heterocycles. The molecule has 0 radical (unpaired) electrons. The van der Waals surface area contributed by atoms with E-state index in [1.54, 1.807) is 6.07 Å². The highest BCUT2D eigenvalue weighted by Crippen LogP contribution is 2.23. The van der Waals surface area contributed by atoms with Crippen molar-refractivity contribution in [3.63, 3.8) is 0 Å². The van der Waals surface area contributed by atoms with Crippen LogP contribution in [-0.2, 0) is 0 Å². The molecule has 0 saturated heterocycles. The maximum absolute atomic E-state index is 11.8. The van der Waals surface area contributed by atoms with Crippen LogP contribution in [0.5, 0.6) is 0 Å². The zero-order valence-corrected chi connectivity index (χ0v) is 10.2. The second kappa shape index (κ2) is 5.36. The number of nitrogens with two attached hydrogens (primary N) is 1. The van der Waals surface area contributed by atoms with E-state index in [0.717, 1.165) is 0 Å². The van der Waals surface area contributed by atoms with Gasteiger partial charge in [-0.2, -0.15) is 15.4 Å². The third kappa shape index (κ3) is 2.80. The van der Waals surface area contributed by atoms with Crippen LogP contribution in [-0.4, -0.2) is 32.4 Å². The summed E-state index contributed by atoms with van der Waals surface area (Å²) in [6.45, 7) is 0. The highest BCUT2D eigenvalue weighted by Gasteiger charge is 2.12. The largest absolute Gasteiger partial charge is 0.409 e. The minimum Gasteiger partial charge on any atom is -0.409 e. The van der Waals surface area contributed by atoms with Crippen LogP contribution in [0.1, 0.15) is 16.1 Å². The van der Waals surface area contributed by atoms with Crippen LogP contribution in [0.3, 0.4) is 0 Å². The van der Waals surface area contributed by atoms with Gasteiger partial charge in [-0.25, -0.2) is 0 Å². The average molecular weight is 281 g/mol. The fourth-order valence-corrected chi connectivity index (χ4v) is 1.50. The lowest BCUT2D eigenvalue weighted by atomic mass is 10.2. The lowest BCUT2D eigenvalue weighted by Crippen LogP contribution is -2.16. The van der Waals surface area contributed by atoms with Crippen LogP contribution >= 0.6 is 11.6 Å². The van der Waals surface area contributed by atoms with Crippen LogP contribution in [0.15, 0.2) is 29.6 Å². The van der Waals surface area contributed by atoms with Gasteiger partial charge in [0.25, 0.3) is 5.91 Å². The van der Waals surface area contributed by atoms with Crippen molar-refractivity contribution in [1.29, 1.82) is 0 Å². The Morgan fingerprint density at radius 2 is 2.32 bits per heavy atom. The van der Waals surface area contributed by atoms with Crippen molar-refractivity contribution in [3.05, 3.63) is 40.7 Å². The number of benzene rings is 1. The number of nitrogens with zero attached hydrogens (tertiary/aromatic N) is 3. The Kier molecular flexibility index (Phi) is 3.62. The second-order valence-electron chi connectivity index (χ2n) is 3.49. The Hall–Kier alpha value is -2.61. The van der Waals surface area contributed by atoms with Crippen LogP contribution in [0.2, 0.25) is 5.02 Å². The molecule has 0 fully saturated rings. The van der Waals surface area contributed by atoms with Crippen LogP contribution < -0.4 is 11.1 Å². The average Bonchev–Trinajstić information content (AvgIpc) is 2.94. The van der Waals surface area contributed by atoms with Gasteiger partial charge in [0, 0.05) is 5.56 Å². The van der Waals surface area contributed by atoms with E-state index in [0.29, 0.717) is 16.3 Å². The van der Waals surface area contributed by atoms with E-state index >= 15 is 0 Å². The molecule has 5 N–H and O–H groups in total. The summed E-state index contributed by atoms with van der Waals surface area (Å²) >= 11 is 5.95. The summed E-state index contributed by atoms with van der Waals surface area (Å²) < 4.78 is 0. The van der Waals surface area contributed by atoms with Crippen molar-refractivity contribution >= 4 is 29.0 Å². The number of carbonyl (C=O) groups excluding carboxylic acids is 1. The number of anilines is 1. The molecule has 0 unspecified atom stereocenters. The van der Waals surface area contributed by atoms with E-state index in [9.17, 15) is 4.79 Å². The summed E-state index contributed by atoms with van der Waals surface area (Å²) in [5.74, 6) is -0.569. The van der Waals surface area contributed by atoms with Crippen LogP contribution in [0, 0.1) is 0 Å². The van der Waals surface area contributed by atoms with Gasteiger partial charge < -0.3 is 16.3 Å². The molecule has 98 valence electrons. The second-order valence-corrected chi connectivity index (χ2v) is 3.90. The highest BCUT2D eigenvalue weighted by molar-refractivity contribution is 6.34. The van der Waals surface area contributed by atoms with Crippen molar-refractivity contribution in [2.75, 3.05) is 5.32 Å². The van der Waals surface area contributed by atoms with Gasteiger partial charge in [0.1, 0.15) is 0 Å². The van der Waals surface area contributed by atoms with E-state index in [-0.39, 0.29) is 11.5 Å². The minimum atomic E-state index is -0.479. The molecule has 0 spiro atoms. The predicted molar refractivity (Wildman–Crippen MR) is 68.3 cm³/mol. The summed E-state index contributed by atoms with van der Waals surface area (Å²) in [4.78, 5) is 11.8. The summed E-state index contributed by atoms with van der Waals surface area (Å²) in [5, 5.41) is 23.8. The molecule has 8 nitrogen and oxygen atoms in total. The van der Waals surface area contributed by atoms with Crippen LogP contribution in [0.4, 0.5) is 5.69 Å². The number of nitrogens with one attached hydrogen (secondary N) is 2. The Bertz CT molecular complexity index is 625. The molecule has 0 bridgehead atoms. The van der Waals surface area contributed by atoms with Crippen molar-refractivity contribution < 1.29 is 10.0 Å². The smallest absolute Gasteiger partial charge is 0.277 e. The molecule has 2 rings (SSSR count). The van der Waals surface area contributed by atoms with Gasteiger partial charge in [0.2, 0.25) is 0 Å². The Morgan fingerprint density at radius 3 is 2.95 bits per heavy atom. The molecule has 1 heterocycles. The Balaban J connectivity index is 2.27. The number of hydrogen-bond acceptors (Lipinski definition) is 5. The van der Waals surface area contributed by atoms with Gasteiger partial charge >= 0.3 is 0 Å². The van der Waals surface area contributed by atoms with Crippen molar-refractivity contribution in [2.24, 2.45) is 10.9 Å². The zero-order chi connectivity index (χ0) is 13.8. The van der Waals surface area contributed by atoms with Crippen molar-refractivity contribution in [2.45, 2.75) is 0 Å². The van der Waals surface area contributed by atoms with Gasteiger partial charge in [0.05, 0.1) is 16.9 Å². The first-order valence-corrected chi connectivity index (χ1v) is 5.44. The molecule has 0 aliphatic rings. The maximum atomic E-state index is 11.8. The van der Waals surface area contributed by atoms with Crippen molar-refractivity contribution in [3.8, 4) is 0 Å². The number of amidine groups is 1. The summed E-state index contributed by atoms with van der Waals surface area (Å²) in [6.07, 6.45) is 1.27. The van der Waals surface area contributed by atoms with E-state index in [2.05, 4.69) is 25.9 Å². The summed E-state index contributed by atoms with van der Waals surface area (Å²) in [6, 6.07) is 4.56. The molecule has 0 saturated carbocycles. The quantitative estimate of drug-likeness (QED) is 0.286. The number of aromatic amines is 1. The summed E-state index contributed by atoms with van der Waals surface area (Å²) in [7, 11) is 0. The number of aromatic nitrogens is 3. The van der Waals surface area contributed by atoms with Gasteiger partial charge in [-0.15, -0.1) is 0 Å². The number of amides is 1. The van der Waals surface area contributed by atoms with Crippen LogP contribution in [0.25, 0.3) is 0 Å². The summed E-state index contributed by atoms with van der Waals surface area (Å²) in [5.41, 5.74) is 6.31. The maximum Gasteiger partial charge on any atom is 0.277 e. The lowest BCUT2D eigenvalue weighted by Gasteiger charge is -2.07. The molecular formula is C10H9ClN6O2. The number of rotatable bonds is 3. The molecule has 9 heteroatoms. The minimum absolute atomic E-state index is 0.0893. The number of carbonyl (C=O) groups is 1. The molecule has 0 aliphatic heterocycles. The fraction of sp³-hybridized carbons (Fsp3) is 0. The molecule has 2 aromatic rings. The third-order valence-electron chi connectivity index (χ3n) is 2.27. The van der Waals surface area contributed by atoms with E-state index in [1.807, 2.05) is 0 Å². The molecule has 19 heavy (non-hydrogen) atoms. The van der Waals surface area contributed by atoms with Gasteiger partial charge in [0.15, 0.2) is 11.5 Å². The SMILES string of the molecule is NC(=NO)c1ccc(Cl)c(NC(=O)c2cn[nH]n2)c1. The highest BCUT2D eigenvalue weighted by atomic mass is 35.5. The fourth-order valence-electron chi connectivity index (χ4n) is 1.34. The first kappa shape index (κ1) is 12.8. The third-order valence-corrected chi connectivity index (χ3v) is 2.60. The number of halogens is 1. The van der Waals surface area contributed by atoms with E-state index in [1.165, 1.54) is 18.3 Å². The van der Waals surface area contributed by atoms with E-state index in [4.69, 9.17) is 22.5 Å². The number of oxime groups is 1. The number of H-pyrrole nitrogens is 1. The van der Waals surface area contributed by atoms with Gasteiger partial charge in [-0.1, -0.05) is 16.8 Å². The molecule has 1 aromatic carbocycles. The zero-order valence-electron chi connectivity index (χ0n) is 9.46. The first-order chi connectivity index (χ1) is 9.11. The Labute approximate surface area is 112 Å².